The largest absolute Gasteiger partial charge is 0.481 e. The maximum absolute atomic E-state index is 13.6. The van der Waals surface area contributed by atoms with Gasteiger partial charge < -0.3 is 14.6 Å². The highest BCUT2D eigenvalue weighted by atomic mass is 19.1. The third-order valence-corrected chi connectivity index (χ3v) is 3.90. The average Bonchev–Trinajstić information content (AvgIpc) is 3.15. The fourth-order valence-corrected chi connectivity index (χ4v) is 2.58. The summed E-state index contributed by atoms with van der Waals surface area (Å²) in [5.41, 5.74) is 0.757. The Labute approximate surface area is 160 Å². The molecular weight excluding hydrogens is 368 g/mol. The van der Waals surface area contributed by atoms with Crippen molar-refractivity contribution in [2.24, 2.45) is 0 Å². The van der Waals surface area contributed by atoms with Gasteiger partial charge in [0.25, 0.3) is 5.91 Å². The van der Waals surface area contributed by atoms with E-state index in [2.05, 4.69) is 15.5 Å². The Hall–Kier alpha value is -3.29. The molecule has 6 nitrogen and oxygen atoms in total. The summed E-state index contributed by atoms with van der Waals surface area (Å²) in [6.07, 6.45) is 1.48. The van der Waals surface area contributed by atoms with Crippen molar-refractivity contribution in [2.45, 2.75) is 25.8 Å². The maximum atomic E-state index is 13.6. The second kappa shape index (κ2) is 9.07. The van der Waals surface area contributed by atoms with Crippen LogP contribution in [0, 0.1) is 11.6 Å². The molecule has 0 aliphatic heterocycles. The molecule has 1 heterocycles. The van der Waals surface area contributed by atoms with Gasteiger partial charge in [0.2, 0.25) is 5.89 Å². The second-order valence-electron chi connectivity index (χ2n) is 6.07. The molecule has 1 aromatic heterocycles. The van der Waals surface area contributed by atoms with Gasteiger partial charge in [0.15, 0.2) is 24.0 Å². The van der Waals surface area contributed by atoms with E-state index in [9.17, 15) is 13.6 Å². The van der Waals surface area contributed by atoms with Crippen molar-refractivity contribution in [3.05, 3.63) is 77.4 Å². The van der Waals surface area contributed by atoms with E-state index in [4.69, 9.17) is 9.26 Å². The molecule has 0 radical (unpaired) electrons. The van der Waals surface area contributed by atoms with Gasteiger partial charge in [0.05, 0.1) is 0 Å². The number of carbonyl (C=O) groups is 1. The lowest BCUT2D eigenvalue weighted by molar-refractivity contribution is -0.123. The predicted octanol–water partition coefficient (Wildman–Crippen LogP) is 3.58. The van der Waals surface area contributed by atoms with Crippen LogP contribution >= 0.6 is 0 Å². The molecule has 0 unspecified atom stereocenters. The number of aryl methyl sites for hydroxylation is 1. The quantitative estimate of drug-likeness (QED) is 0.639. The third-order valence-electron chi connectivity index (χ3n) is 3.90. The van der Waals surface area contributed by atoms with Crippen LogP contribution < -0.4 is 10.1 Å². The van der Waals surface area contributed by atoms with Crippen LogP contribution in [0.2, 0.25) is 0 Å². The molecular formula is C20H19F2N3O3. The highest BCUT2D eigenvalue weighted by Gasteiger charge is 2.22. The van der Waals surface area contributed by atoms with E-state index in [1.807, 2.05) is 37.3 Å². The molecule has 0 aliphatic carbocycles. The number of amides is 1. The number of aromatic nitrogens is 2. The fraction of sp³-hybridized carbons (Fsp3) is 0.250. The smallest absolute Gasteiger partial charge is 0.258 e. The van der Waals surface area contributed by atoms with Crippen molar-refractivity contribution in [3.8, 4) is 5.75 Å². The minimum Gasteiger partial charge on any atom is -0.481 e. The first-order valence-electron chi connectivity index (χ1n) is 8.81. The molecule has 1 amide bonds. The minimum atomic E-state index is -0.880. The lowest BCUT2D eigenvalue weighted by Gasteiger charge is -2.16. The van der Waals surface area contributed by atoms with Crippen LogP contribution in [0.25, 0.3) is 0 Å². The van der Waals surface area contributed by atoms with Gasteiger partial charge in [-0.1, -0.05) is 42.4 Å². The highest BCUT2D eigenvalue weighted by molar-refractivity contribution is 5.78. The molecule has 3 rings (SSSR count). The minimum absolute atomic E-state index is 0.211. The molecule has 146 valence electrons. The van der Waals surface area contributed by atoms with Crippen LogP contribution in [0.4, 0.5) is 8.78 Å². The summed E-state index contributed by atoms with van der Waals surface area (Å²) >= 11 is 0. The molecule has 1 atom stereocenters. The summed E-state index contributed by atoms with van der Waals surface area (Å²) in [6, 6.07) is 11.4. The van der Waals surface area contributed by atoms with Gasteiger partial charge in [-0.15, -0.1) is 0 Å². The molecule has 0 aliphatic rings. The molecule has 0 saturated heterocycles. The maximum Gasteiger partial charge on any atom is 0.258 e. The molecule has 2 aromatic carbocycles. The average molecular weight is 387 g/mol. The summed E-state index contributed by atoms with van der Waals surface area (Å²) in [5, 5.41) is 6.72. The van der Waals surface area contributed by atoms with E-state index in [1.165, 1.54) is 0 Å². The molecule has 0 bridgehead atoms. The molecule has 0 fully saturated rings. The SMILES string of the molecule is CCCc1nc([C@H](NC(=O)COc2ccc(F)cc2F)c2ccccc2)no1. The molecule has 1 N–H and O–H groups in total. The van der Waals surface area contributed by atoms with Gasteiger partial charge in [-0.05, 0) is 24.1 Å². The summed E-state index contributed by atoms with van der Waals surface area (Å²) in [4.78, 5) is 16.7. The Morgan fingerprint density at radius 1 is 1.21 bits per heavy atom. The fourth-order valence-electron chi connectivity index (χ4n) is 2.58. The Kier molecular flexibility index (Phi) is 6.31. The van der Waals surface area contributed by atoms with Crippen LogP contribution in [0.3, 0.4) is 0 Å². The summed E-state index contributed by atoms with van der Waals surface area (Å²) < 4.78 is 37.0. The number of hydrogen-bond donors (Lipinski definition) is 1. The van der Waals surface area contributed by atoms with Crippen LogP contribution in [0.1, 0.15) is 36.7 Å². The van der Waals surface area contributed by atoms with Gasteiger partial charge in [-0.25, -0.2) is 8.78 Å². The predicted molar refractivity (Wildman–Crippen MR) is 96.6 cm³/mol. The topological polar surface area (TPSA) is 77.2 Å². The first kappa shape index (κ1) is 19.5. The second-order valence-corrected chi connectivity index (χ2v) is 6.07. The van der Waals surface area contributed by atoms with Gasteiger partial charge in [-0.3, -0.25) is 4.79 Å². The van der Waals surface area contributed by atoms with Gasteiger partial charge >= 0.3 is 0 Å². The Morgan fingerprint density at radius 2 is 2.00 bits per heavy atom. The van der Waals surface area contributed by atoms with Crippen LogP contribution in [0.5, 0.6) is 5.75 Å². The molecule has 28 heavy (non-hydrogen) atoms. The zero-order valence-electron chi connectivity index (χ0n) is 15.2. The lowest BCUT2D eigenvalue weighted by atomic mass is 10.1. The zero-order valence-corrected chi connectivity index (χ0v) is 15.2. The lowest BCUT2D eigenvalue weighted by Crippen LogP contribution is -2.34. The molecule has 0 spiro atoms. The summed E-state index contributed by atoms with van der Waals surface area (Å²) in [6.45, 7) is 1.54. The standard InChI is InChI=1S/C20H19F2N3O3/c1-2-6-18-24-20(25-28-18)19(13-7-4-3-5-8-13)23-17(26)12-27-16-10-9-14(21)11-15(16)22/h3-5,7-11,19H,2,6,12H2,1H3,(H,23,26)/t19-/m1/s1. The van der Waals surface area contributed by atoms with E-state index in [0.717, 1.165) is 24.1 Å². The monoisotopic (exact) mass is 387 g/mol. The van der Waals surface area contributed by atoms with E-state index < -0.39 is 30.2 Å². The zero-order chi connectivity index (χ0) is 19.9. The summed E-state index contributed by atoms with van der Waals surface area (Å²) in [7, 11) is 0. The number of benzene rings is 2. The Morgan fingerprint density at radius 3 is 2.71 bits per heavy atom. The first-order chi connectivity index (χ1) is 13.6. The third kappa shape index (κ3) is 4.91. The number of halogens is 2. The summed E-state index contributed by atoms with van der Waals surface area (Å²) in [5.74, 6) is -1.53. The highest BCUT2D eigenvalue weighted by Crippen LogP contribution is 2.21. The van der Waals surface area contributed by atoms with E-state index in [-0.39, 0.29) is 5.75 Å². The Bertz CT molecular complexity index is 931. The van der Waals surface area contributed by atoms with E-state index in [1.54, 1.807) is 0 Å². The number of ether oxygens (including phenoxy) is 1. The van der Waals surface area contributed by atoms with Crippen molar-refractivity contribution >= 4 is 5.91 Å². The van der Waals surface area contributed by atoms with Crippen LogP contribution in [-0.2, 0) is 11.2 Å². The number of rotatable bonds is 8. The van der Waals surface area contributed by atoms with Gasteiger partial charge in [0.1, 0.15) is 11.9 Å². The number of hydrogen-bond acceptors (Lipinski definition) is 5. The van der Waals surface area contributed by atoms with Crippen molar-refractivity contribution in [1.82, 2.24) is 15.5 Å². The van der Waals surface area contributed by atoms with Crippen molar-refractivity contribution in [1.29, 1.82) is 0 Å². The molecule has 0 saturated carbocycles. The van der Waals surface area contributed by atoms with E-state index >= 15 is 0 Å². The normalized spacial score (nSPS) is 11.8. The van der Waals surface area contributed by atoms with Crippen molar-refractivity contribution in [3.63, 3.8) is 0 Å². The molecule has 3 aromatic rings. The first-order valence-corrected chi connectivity index (χ1v) is 8.81. The van der Waals surface area contributed by atoms with Crippen molar-refractivity contribution in [2.75, 3.05) is 6.61 Å². The van der Waals surface area contributed by atoms with Crippen LogP contribution in [-0.4, -0.2) is 22.7 Å². The number of nitrogens with zero attached hydrogens (tertiary/aromatic N) is 2. The Balaban J connectivity index is 1.72. The van der Waals surface area contributed by atoms with Crippen molar-refractivity contribution < 1.29 is 22.8 Å². The van der Waals surface area contributed by atoms with Gasteiger partial charge in [-0.2, -0.15) is 4.98 Å². The molecule has 8 heteroatoms. The van der Waals surface area contributed by atoms with Gasteiger partial charge in [0, 0.05) is 12.5 Å². The number of nitrogens with one attached hydrogen (secondary N) is 1. The van der Waals surface area contributed by atoms with Crippen LogP contribution in [0.15, 0.2) is 53.1 Å². The van der Waals surface area contributed by atoms with E-state index in [0.29, 0.717) is 24.2 Å². The number of carbonyl (C=O) groups excluding carboxylic acids is 1.